The van der Waals surface area contributed by atoms with Crippen LogP contribution in [0.4, 0.5) is 5.69 Å². The first kappa shape index (κ1) is 13.6. The molecule has 0 atom stereocenters. The van der Waals surface area contributed by atoms with Gasteiger partial charge in [0.05, 0.1) is 0 Å². The second-order valence-electron chi connectivity index (χ2n) is 4.62. The van der Waals surface area contributed by atoms with Crippen molar-refractivity contribution in [2.45, 2.75) is 12.8 Å². The summed E-state index contributed by atoms with van der Waals surface area (Å²) in [6, 6.07) is 7.41. The number of nitrogens with one attached hydrogen (secondary N) is 1. The molecule has 2 rings (SSSR count). The van der Waals surface area contributed by atoms with Gasteiger partial charge in [-0.1, -0.05) is 12.6 Å². The summed E-state index contributed by atoms with van der Waals surface area (Å²) in [5, 5.41) is 2.72. The number of benzene rings is 1. The van der Waals surface area contributed by atoms with Gasteiger partial charge >= 0.3 is 0 Å². The van der Waals surface area contributed by atoms with Crippen molar-refractivity contribution < 1.29 is 9.53 Å². The fourth-order valence-electron chi connectivity index (χ4n) is 2.16. The summed E-state index contributed by atoms with van der Waals surface area (Å²) in [6.45, 7) is 7.42. The average molecular weight is 260 g/mol. The Morgan fingerprint density at radius 3 is 2.95 bits per heavy atom. The molecule has 1 fully saturated rings. The van der Waals surface area contributed by atoms with E-state index in [-0.39, 0.29) is 5.91 Å². The van der Waals surface area contributed by atoms with Crippen LogP contribution in [0.2, 0.25) is 0 Å². The number of nitrogens with zero attached hydrogens (tertiary/aromatic N) is 1. The van der Waals surface area contributed by atoms with Gasteiger partial charge in [-0.05, 0) is 44.1 Å². The Morgan fingerprint density at radius 2 is 2.21 bits per heavy atom. The maximum atomic E-state index is 11.2. The molecule has 1 saturated heterocycles. The lowest BCUT2D eigenvalue weighted by molar-refractivity contribution is -0.111. The van der Waals surface area contributed by atoms with E-state index in [0.717, 1.165) is 18.0 Å². The summed E-state index contributed by atoms with van der Waals surface area (Å²) in [5.41, 5.74) is 0.726. The molecule has 0 spiro atoms. The van der Waals surface area contributed by atoms with Gasteiger partial charge in [0, 0.05) is 18.3 Å². The van der Waals surface area contributed by atoms with Gasteiger partial charge in [0.1, 0.15) is 12.4 Å². The normalized spacial score (nSPS) is 15.2. The summed E-state index contributed by atoms with van der Waals surface area (Å²) < 4.78 is 5.71. The van der Waals surface area contributed by atoms with Gasteiger partial charge in [0.15, 0.2) is 0 Å². The van der Waals surface area contributed by atoms with Gasteiger partial charge in [-0.25, -0.2) is 0 Å². The van der Waals surface area contributed by atoms with Crippen molar-refractivity contribution in [3.05, 3.63) is 36.9 Å². The zero-order chi connectivity index (χ0) is 13.5. The minimum atomic E-state index is -0.214. The standard InChI is InChI=1S/C15H20N2O2/c1-2-15(18)16-13-6-5-7-14(12-13)19-11-10-17-8-3-4-9-17/h2,5-7,12H,1,3-4,8-11H2,(H,16,18). The van der Waals surface area contributed by atoms with E-state index in [0.29, 0.717) is 6.61 Å². The van der Waals surface area contributed by atoms with Crippen LogP contribution in [0.3, 0.4) is 0 Å². The minimum absolute atomic E-state index is 0.214. The van der Waals surface area contributed by atoms with E-state index in [2.05, 4.69) is 16.8 Å². The number of likely N-dealkylation sites (tertiary alicyclic amines) is 1. The Kier molecular flexibility index (Phi) is 4.98. The summed E-state index contributed by atoms with van der Waals surface area (Å²) in [5.74, 6) is 0.565. The Bertz CT molecular complexity index is 440. The fraction of sp³-hybridized carbons (Fsp3) is 0.400. The van der Waals surface area contributed by atoms with Gasteiger partial charge in [-0.3, -0.25) is 9.69 Å². The largest absolute Gasteiger partial charge is 0.492 e. The van der Waals surface area contributed by atoms with Gasteiger partial charge < -0.3 is 10.1 Å². The fourth-order valence-corrected chi connectivity index (χ4v) is 2.16. The monoisotopic (exact) mass is 260 g/mol. The van der Waals surface area contributed by atoms with E-state index in [1.807, 2.05) is 24.3 Å². The Balaban J connectivity index is 1.80. The maximum absolute atomic E-state index is 11.2. The molecule has 1 aliphatic heterocycles. The number of carbonyl (C=O) groups is 1. The molecule has 1 aromatic carbocycles. The molecule has 1 N–H and O–H groups in total. The first-order valence-corrected chi connectivity index (χ1v) is 6.66. The molecular formula is C15H20N2O2. The number of rotatable bonds is 6. The van der Waals surface area contributed by atoms with E-state index in [1.54, 1.807) is 0 Å². The number of amides is 1. The van der Waals surface area contributed by atoms with Crippen LogP contribution in [0.25, 0.3) is 0 Å². The van der Waals surface area contributed by atoms with Crippen LogP contribution in [0.5, 0.6) is 5.75 Å². The zero-order valence-electron chi connectivity index (χ0n) is 11.1. The van der Waals surface area contributed by atoms with Crippen molar-refractivity contribution in [1.29, 1.82) is 0 Å². The number of hydrogen-bond acceptors (Lipinski definition) is 3. The van der Waals surface area contributed by atoms with Crippen LogP contribution in [-0.4, -0.2) is 37.0 Å². The van der Waals surface area contributed by atoms with E-state index < -0.39 is 0 Å². The Labute approximate surface area is 114 Å². The molecule has 1 aliphatic rings. The van der Waals surface area contributed by atoms with Crippen LogP contribution in [0, 0.1) is 0 Å². The quantitative estimate of drug-likeness (QED) is 0.798. The summed E-state index contributed by atoms with van der Waals surface area (Å²) in [4.78, 5) is 13.6. The van der Waals surface area contributed by atoms with Crippen molar-refractivity contribution >= 4 is 11.6 Å². The number of hydrogen-bond donors (Lipinski definition) is 1. The third-order valence-electron chi connectivity index (χ3n) is 3.16. The molecule has 1 heterocycles. The van der Waals surface area contributed by atoms with Gasteiger partial charge in [0.2, 0.25) is 5.91 Å². The van der Waals surface area contributed by atoms with Crippen LogP contribution >= 0.6 is 0 Å². The third kappa shape index (κ3) is 4.41. The number of anilines is 1. The average Bonchev–Trinajstić information content (AvgIpc) is 2.92. The van der Waals surface area contributed by atoms with Crippen molar-refractivity contribution in [2.75, 3.05) is 31.6 Å². The molecule has 102 valence electrons. The van der Waals surface area contributed by atoms with E-state index in [4.69, 9.17) is 4.74 Å². The highest BCUT2D eigenvalue weighted by Crippen LogP contribution is 2.17. The highest BCUT2D eigenvalue weighted by atomic mass is 16.5. The van der Waals surface area contributed by atoms with Crippen LogP contribution in [0.15, 0.2) is 36.9 Å². The molecule has 1 amide bonds. The predicted molar refractivity (Wildman–Crippen MR) is 76.4 cm³/mol. The lowest BCUT2D eigenvalue weighted by Gasteiger charge is -2.15. The Morgan fingerprint density at radius 1 is 1.42 bits per heavy atom. The summed E-state index contributed by atoms with van der Waals surface area (Å²) >= 11 is 0. The van der Waals surface area contributed by atoms with E-state index in [1.165, 1.54) is 32.0 Å². The van der Waals surface area contributed by atoms with Crippen LogP contribution in [-0.2, 0) is 4.79 Å². The molecule has 0 aromatic heterocycles. The van der Waals surface area contributed by atoms with Crippen molar-refractivity contribution in [1.82, 2.24) is 4.90 Å². The van der Waals surface area contributed by atoms with E-state index >= 15 is 0 Å². The molecule has 0 bridgehead atoms. The molecule has 4 heteroatoms. The van der Waals surface area contributed by atoms with Gasteiger partial charge in [-0.15, -0.1) is 0 Å². The lowest BCUT2D eigenvalue weighted by atomic mass is 10.3. The van der Waals surface area contributed by atoms with Crippen LogP contribution in [0.1, 0.15) is 12.8 Å². The lowest BCUT2D eigenvalue weighted by Crippen LogP contribution is -2.25. The van der Waals surface area contributed by atoms with Gasteiger partial charge in [0.25, 0.3) is 0 Å². The summed E-state index contributed by atoms with van der Waals surface area (Å²) in [6.07, 6.45) is 3.84. The highest BCUT2D eigenvalue weighted by molar-refractivity contribution is 5.98. The number of carbonyl (C=O) groups excluding carboxylic acids is 1. The van der Waals surface area contributed by atoms with E-state index in [9.17, 15) is 4.79 Å². The highest BCUT2D eigenvalue weighted by Gasteiger charge is 2.10. The van der Waals surface area contributed by atoms with Crippen LogP contribution < -0.4 is 10.1 Å². The third-order valence-corrected chi connectivity index (χ3v) is 3.16. The smallest absolute Gasteiger partial charge is 0.247 e. The van der Waals surface area contributed by atoms with Crippen molar-refractivity contribution in [3.8, 4) is 5.75 Å². The molecular weight excluding hydrogens is 240 g/mol. The topological polar surface area (TPSA) is 41.6 Å². The molecule has 19 heavy (non-hydrogen) atoms. The Hall–Kier alpha value is -1.81. The summed E-state index contributed by atoms with van der Waals surface area (Å²) in [7, 11) is 0. The SMILES string of the molecule is C=CC(=O)Nc1cccc(OCCN2CCCC2)c1. The zero-order valence-corrected chi connectivity index (χ0v) is 11.1. The molecule has 1 aromatic rings. The predicted octanol–water partition coefficient (Wildman–Crippen LogP) is 2.29. The molecule has 0 unspecified atom stereocenters. The molecule has 0 aliphatic carbocycles. The minimum Gasteiger partial charge on any atom is -0.492 e. The molecule has 4 nitrogen and oxygen atoms in total. The first-order chi connectivity index (χ1) is 9.28. The maximum Gasteiger partial charge on any atom is 0.247 e. The number of ether oxygens (including phenoxy) is 1. The first-order valence-electron chi connectivity index (χ1n) is 6.66. The second kappa shape index (κ2) is 6.95. The van der Waals surface area contributed by atoms with Crippen molar-refractivity contribution in [3.63, 3.8) is 0 Å². The van der Waals surface area contributed by atoms with Crippen molar-refractivity contribution in [2.24, 2.45) is 0 Å². The van der Waals surface area contributed by atoms with Gasteiger partial charge in [-0.2, -0.15) is 0 Å². The second-order valence-corrected chi connectivity index (χ2v) is 4.62. The molecule has 0 radical (unpaired) electrons. The molecule has 0 saturated carbocycles.